The number of fused-ring (bicyclic) bond motifs is 1. The van der Waals surface area contributed by atoms with E-state index in [1.807, 2.05) is 38.1 Å². The molecule has 0 saturated heterocycles. The van der Waals surface area contributed by atoms with Gasteiger partial charge in [-0.25, -0.2) is 0 Å². The summed E-state index contributed by atoms with van der Waals surface area (Å²) in [5.74, 6) is -0.108. The lowest BCUT2D eigenvalue weighted by atomic mass is 10.1. The van der Waals surface area contributed by atoms with E-state index in [0.29, 0.717) is 24.5 Å². The molecule has 0 aromatic heterocycles. The van der Waals surface area contributed by atoms with Gasteiger partial charge in [-0.3, -0.25) is 9.59 Å². The standard InChI is InChI=1S/C19H24N2O4/c1-13(2)21-18(22)12-25-17-11-15-7-5-4-6-14(15)10-16(17)19(23)20-8-9-24-3/h4-7,10-11,13H,8-9,12H2,1-3H3,(H,20,23)(H,21,22). The molecule has 0 fully saturated rings. The molecule has 0 saturated carbocycles. The Hall–Kier alpha value is -2.60. The first kappa shape index (κ1) is 18.7. The summed E-state index contributed by atoms with van der Waals surface area (Å²) in [4.78, 5) is 24.3. The lowest BCUT2D eigenvalue weighted by molar-refractivity contribution is -0.123. The molecule has 2 aromatic carbocycles. The average molecular weight is 344 g/mol. The van der Waals surface area contributed by atoms with Crippen LogP contribution in [0.4, 0.5) is 0 Å². The molecule has 2 N–H and O–H groups in total. The molecule has 0 unspecified atom stereocenters. The molecular formula is C19H24N2O4. The number of hydrogen-bond donors (Lipinski definition) is 2. The van der Waals surface area contributed by atoms with Crippen molar-refractivity contribution in [3.8, 4) is 5.75 Å². The first-order chi connectivity index (χ1) is 12.0. The zero-order chi connectivity index (χ0) is 18.2. The predicted octanol–water partition coefficient (Wildman–Crippen LogP) is 2.12. The number of carbonyl (C=O) groups excluding carboxylic acids is 2. The van der Waals surface area contributed by atoms with Gasteiger partial charge in [-0.15, -0.1) is 0 Å². The number of amides is 2. The summed E-state index contributed by atoms with van der Waals surface area (Å²) in [5.41, 5.74) is 0.396. The second-order valence-electron chi connectivity index (χ2n) is 5.96. The zero-order valence-electron chi connectivity index (χ0n) is 14.8. The van der Waals surface area contributed by atoms with Crippen molar-refractivity contribution in [3.63, 3.8) is 0 Å². The van der Waals surface area contributed by atoms with Gasteiger partial charge in [0.05, 0.1) is 12.2 Å². The second-order valence-corrected chi connectivity index (χ2v) is 5.96. The fourth-order valence-corrected chi connectivity index (χ4v) is 2.39. The number of methoxy groups -OCH3 is 1. The van der Waals surface area contributed by atoms with Crippen molar-refractivity contribution >= 4 is 22.6 Å². The Bertz CT molecular complexity index is 743. The zero-order valence-corrected chi connectivity index (χ0v) is 14.8. The Kier molecular flexibility index (Phi) is 6.77. The number of ether oxygens (including phenoxy) is 2. The second kappa shape index (κ2) is 9.03. The Balaban J connectivity index is 2.23. The third-order valence-electron chi connectivity index (χ3n) is 3.49. The van der Waals surface area contributed by atoms with Gasteiger partial charge >= 0.3 is 0 Å². The average Bonchev–Trinajstić information content (AvgIpc) is 2.58. The Morgan fingerprint density at radius 3 is 2.44 bits per heavy atom. The van der Waals surface area contributed by atoms with Crippen LogP contribution < -0.4 is 15.4 Å². The van der Waals surface area contributed by atoms with E-state index in [-0.39, 0.29) is 24.5 Å². The minimum atomic E-state index is -0.262. The van der Waals surface area contributed by atoms with E-state index in [1.165, 1.54) is 0 Å². The maximum Gasteiger partial charge on any atom is 0.258 e. The number of nitrogens with one attached hydrogen (secondary N) is 2. The van der Waals surface area contributed by atoms with Crippen LogP contribution in [-0.4, -0.2) is 44.7 Å². The summed E-state index contributed by atoms with van der Waals surface area (Å²) in [6.07, 6.45) is 0. The lowest BCUT2D eigenvalue weighted by Gasteiger charge is -2.14. The maximum atomic E-state index is 12.5. The molecule has 6 heteroatoms. The monoisotopic (exact) mass is 344 g/mol. The number of carbonyl (C=O) groups is 2. The van der Waals surface area contributed by atoms with Gasteiger partial charge in [0.2, 0.25) is 0 Å². The highest BCUT2D eigenvalue weighted by Crippen LogP contribution is 2.26. The number of hydrogen-bond acceptors (Lipinski definition) is 4. The van der Waals surface area contributed by atoms with Crippen LogP contribution in [0.5, 0.6) is 5.75 Å². The van der Waals surface area contributed by atoms with Crippen molar-refractivity contribution in [3.05, 3.63) is 42.0 Å². The summed E-state index contributed by atoms with van der Waals surface area (Å²) in [5, 5.41) is 7.41. The van der Waals surface area contributed by atoms with Gasteiger partial charge in [0.25, 0.3) is 11.8 Å². The third-order valence-corrected chi connectivity index (χ3v) is 3.49. The van der Waals surface area contributed by atoms with Gasteiger partial charge < -0.3 is 20.1 Å². The molecule has 0 spiro atoms. The molecule has 2 aromatic rings. The minimum absolute atomic E-state index is 0.0320. The summed E-state index contributed by atoms with van der Waals surface area (Å²) in [7, 11) is 1.57. The van der Waals surface area contributed by atoms with E-state index in [1.54, 1.807) is 19.2 Å². The van der Waals surface area contributed by atoms with Crippen molar-refractivity contribution in [1.82, 2.24) is 10.6 Å². The van der Waals surface area contributed by atoms with Crippen molar-refractivity contribution < 1.29 is 19.1 Å². The summed E-state index contributed by atoms with van der Waals surface area (Å²) < 4.78 is 10.6. The van der Waals surface area contributed by atoms with Crippen LogP contribution in [0.25, 0.3) is 10.8 Å². The molecule has 0 aliphatic heterocycles. The Morgan fingerprint density at radius 2 is 1.80 bits per heavy atom. The third kappa shape index (κ3) is 5.46. The van der Waals surface area contributed by atoms with Crippen molar-refractivity contribution in [2.45, 2.75) is 19.9 Å². The van der Waals surface area contributed by atoms with Gasteiger partial charge in [-0.05, 0) is 36.8 Å². The highest BCUT2D eigenvalue weighted by atomic mass is 16.5. The van der Waals surface area contributed by atoms with Crippen LogP contribution in [0.3, 0.4) is 0 Å². The van der Waals surface area contributed by atoms with Crippen molar-refractivity contribution in [1.29, 1.82) is 0 Å². The molecule has 0 atom stereocenters. The van der Waals surface area contributed by atoms with E-state index < -0.39 is 0 Å². The molecule has 0 bridgehead atoms. The Morgan fingerprint density at radius 1 is 1.12 bits per heavy atom. The smallest absolute Gasteiger partial charge is 0.258 e. The first-order valence-corrected chi connectivity index (χ1v) is 8.23. The summed E-state index contributed by atoms with van der Waals surface area (Å²) in [6, 6.07) is 11.3. The highest BCUT2D eigenvalue weighted by Gasteiger charge is 2.15. The number of benzene rings is 2. The fraction of sp³-hybridized carbons (Fsp3) is 0.368. The predicted molar refractivity (Wildman–Crippen MR) is 96.9 cm³/mol. The summed E-state index contributed by atoms with van der Waals surface area (Å²) >= 11 is 0. The molecule has 0 heterocycles. The van der Waals surface area contributed by atoms with E-state index in [9.17, 15) is 9.59 Å². The maximum absolute atomic E-state index is 12.5. The molecule has 134 valence electrons. The normalized spacial score (nSPS) is 10.7. The lowest BCUT2D eigenvalue weighted by Crippen LogP contribution is -2.34. The van der Waals surface area contributed by atoms with E-state index >= 15 is 0 Å². The van der Waals surface area contributed by atoms with Crippen molar-refractivity contribution in [2.24, 2.45) is 0 Å². The van der Waals surface area contributed by atoms with Crippen LogP contribution in [0.15, 0.2) is 36.4 Å². The van der Waals surface area contributed by atoms with Gasteiger partial charge in [0, 0.05) is 19.7 Å². The Labute approximate surface area is 147 Å². The molecular weight excluding hydrogens is 320 g/mol. The quantitative estimate of drug-likeness (QED) is 0.719. The largest absolute Gasteiger partial charge is 0.483 e. The van der Waals surface area contributed by atoms with Crippen LogP contribution >= 0.6 is 0 Å². The minimum Gasteiger partial charge on any atom is -0.483 e. The van der Waals surface area contributed by atoms with Gasteiger partial charge in [-0.1, -0.05) is 24.3 Å². The molecule has 2 rings (SSSR count). The van der Waals surface area contributed by atoms with Crippen LogP contribution in [0.2, 0.25) is 0 Å². The first-order valence-electron chi connectivity index (χ1n) is 8.23. The molecule has 0 aliphatic rings. The number of rotatable bonds is 8. The van der Waals surface area contributed by atoms with E-state index in [4.69, 9.17) is 9.47 Å². The molecule has 6 nitrogen and oxygen atoms in total. The van der Waals surface area contributed by atoms with Crippen molar-refractivity contribution in [2.75, 3.05) is 26.9 Å². The topological polar surface area (TPSA) is 76.7 Å². The van der Waals surface area contributed by atoms with Gasteiger partial charge in [0.1, 0.15) is 5.75 Å². The fourth-order valence-electron chi connectivity index (χ4n) is 2.39. The van der Waals surface area contributed by atoms with E-state index in [2.05, 4.69) is 10.6 Å². The van der Waals surface area contributed by atoms with Crippen LogP contribution in [0, 0.1) is 0 Å². The van der Waals surface area contributed by atoms with Crippen LogP contribution in [0.1, 0.15) is 24.2 Å². The van der Waals surface area contributed by atoms with Crippen LogP contribution in [-0.2, 0) is 9.53 Å². The van der Waals surface area contributed by atoms with Gasteiger partial charge in [0.15, 0.2) is 6.61 Å². The SMILES string of the molecule is COCCNC(=O)c1cc2ccccc2cc1OCC(=O)NC(C)C. The van der Waals surface area contributed by atoms with Gasteiger partial charge in [-0.2, -0.15) is 0 Å². The summed E-state index contributed by atoms with van der Waals surface area (Å²) in [6.45, 7) is 4.43. The molecule has 0 aliphatic carbocycles. The molecule has 2 amide bonds. The van der Waals surface area contributed by atoms with E-state index in [0.717, 1.165) is 10.8 Å². The molecule has 0 radical (unpaired) electrons. The molecule has 25 heavy (non-hydrogen) atoms. The highest BCUT2D eigenvalue weighted by molar-refractivity contribution is 6.01.